The van der Waals surface area contributed by atoms with Gasteiger partial charge in [0.05, 0.1) is 25.4 Å². The summed E-state index contributed by atoms with van der Waals surface area (Å²) in [7, 11) is 1.59. The standard InChI is InChI=1S/C29H40O9/c1-6-10-22-13-14-29(32-5)28(36-22)27(35-20(4)31)25-26(38-29)24(34-17-21-11-8-7-9-12-21)23(37-25)15-18(2)16-33-19(3)30/h6-9,11-12,18,22-28H,1,10,13-17H2,2-5H3/t18?,22-,23-,24+,25-,26+,27+,28-,29?/m1/s1. The van der Waals surface area contributed by atoms with Crippen LogP contribution in [0.15, 0.2) is 43.0 Å². The van der Waals surface area contributed by atoms with Gasteiger partial charge < -0.3 is 33.2 Å². The molecular weight excluding hydrogens is 492 g/mol. The number of esters is 2. The second-order valence-corrected chi connectivity index (χ2v) is 10.5. The topological polar surface area (TPSA) is 98.8 Å². The van der Waals surface area contributed by atoms with Crippen molar-refractivity contribution in [1.29, 1.82) is 0 Å². The number of ether oxygens (including phenoxy) is 7. The molecule has 2 unspecified atom stereocenters. The van der Waals surface area contributed by atoms with Crippen molar-refractivity contribution in [3.05, 3.63) is 48.6 Å². The smallest absolute Gasteiger partial charge is 0.303 e. The Bertz CT molecular complexity index is 953. The van der Waals surface area contributed by atoms with E-state index in [2.05, 4.69) is 6.58 Å². The van der Waals surface area contributed by atoms with E-state index in [1.165, 1.54) is 13.8 Å². The number of rotatable bonds is 11. The second kappa shape index (κ2) is 12.7. The number of carbonyl (C=O) groups is 2. The normalized spacial score (nSPS) is 35.0. The third-order valence-corrected chi connectivity index (χ3v) is 7.46. The summed E-state index contributed by atoms with van der Waals surface area (Å²) in [6, 6.07) is 9.87. The Labute approximate surface area is 224 Å². The van der Waals surface area contributed by atoms with E-state index >= 15 is 0 Å². The van der Waals surface area contributed by atoms with Crippen LogP contribution in [-0.4, -0.2) is 74.2 Å². The molecule has 1 aromatic carbocycles. The summed E-state index contributed by atoms with van der Waals surface area (Å²) in [6.07, 6.45) is 0.726. The molecule has 9 nitrogen and oxygen atoms in total. The third kappa shape index (κ3) is 6.46. The van der Waals surface area contributed by atoms with Gasteiger partial charge in [-0.15, -0.1) is 6.58 Å². The zero-order chi connectivity index (χ0) is 27.3. The van der Waals surface area contributed by atoms with E-state index in [1.807, 2.05) is 43.3 Å². The third-order valence-electron chi connectivity index (χ3n) is 7.46. The minimum Gasteiger partial charge on any atom is -0.466 e. The van der Waals surface area contributed by atoms with Crippen molar-refractivity contribution >= 4 is 11.9 Å². The Morgan fingerprint density at radius 3 is 2.55 bits per heavy atom. The van der Waals surface area contributed by atoms with Crippen molar-refractivity contribution in [3.63, 3.8) is 0 Å². The average molecular weight is 533 g/mol. The maximum absolute atomic E-state index is 12.3. The van der Waals surface area contributed by atoms with E-state index in [4.69, 9.17) is 33.2 Å². The molecule has 3 fully saturated rings. The first kappa shape index (κ1) is 28.7. The van der Waals surface area contributed by atoms with Crippen LogP contribution in [0, 0.1) is 5.92 Å². The lowest BCUT2D eigenvalue weighted by Crippen LogP contribution is -2.69. The summed E-state index contributed by atoms with van der Waals surface area (Å²) in [5.41, 5.74) is 1.02. The molecule has 0 bridgehead atoms. The lowest BCUT2D eigenvalue weighted by Gasteiger charge is -2.53. The van der Waals surface area contributed by atoms with Crippen LogP contribution in [0.25, 0.3) is 0 Å². The molecule has 0 aromatic heterocycles. The summed E-state index contributed by atoms with van der Waals surface area (Å²) < 4.78 is 43.2. The summed E-state index contributed by atoms with van der Waals surface area (Å²) in [5.74, 6) is -1.88. The molecule has 4 rings (SSSR count). The van der Waals surface area contributed by atoms with E-state index in [1.54, 1.807) is 7.11 Å². The van der Waals surface area contributed by atoms with Crippen LogP contribution < -0.4 is 0 Å². The molecule has 210 valence electrons. The number of benzene rings is 1. The molecule has 3 heterocycles. The molecule has 0 N–H and O–H groups in total. The highest BCUT2D eigenvalue weighted by molar-refractivity contribution is 5.66. The van der Waals surface area contributed by atoms with Crippen molar-refractivity contribution in [2.45, 2.75) is 102 Å². The zero-order valence-corrected chi connectivity index (χ0v) is 22.7. The quantitative estimate of drug-likeness (QED) is 0.312. The van der Waals surface area contributed by atoms with Gasteiger partial charge in [0.25, 0.3) is 0 Å². The van der Waals surface area contributed by atoms with Gasteiger partial charge in [-0.2, -0.15) is 0 Å². The minimum absolute atomic E-state index is 0.00550. The van der Waals surface area contributed by atoms with Crippen molar-refractivity contribution < 1.29 is 42.7 Å². The largest absolute Gasteiger partial charge is 0.466 e. The first-order valence-electron chi connectivity index (χ1n) is 13.4. The van der Waals surface area contributed by atoms with Gasteiger partial charge in [-0.1, -0.05) is 43.3 Å². The first-order chi connectivity index (χ1) is 18.3. The fraction of sp³-hybridized carbons (Fsp3) is 0.655. The maximum Gasteiger partial charge on any atom is 0.303 e. The van der Waals surface area contributed by atoms with Gasteiger partial charge in [-0.25, -0.2) is 0 Å². The molecule has 38 heavy (non-hydrogen) atoms. The van der Waals surface area contributed by atoms with Crippen molar-refractivity contribution in [2.24, 2.45) is 5.92 Å². The number of fused-ring (bicyclic) bond motifs is 2. The van der Waals surface area contributed by atoms with Gasteiger partial charge in [-0.3, -0.25) is 9.59 Å². The number of methoxy groups -OCH3 is 1. The predicted molar refractivity (Wildman–Crippen MR) is 137 cm³/mol. The molecule has 0 radical (unpaired) electrons. The summed E-state index contributed by atoms with van der Waals surface area (Å²) in [6.45, 7) is 9.22. The molecule has 0 spiro atoms. The van der Waals surface area contributed by atoms with E-state index in [-0.39, 0.29) is 24.6 Å². The molecule has 0 amide bonds. The zero-order valence-electron chi connectivity index (χ0n) is 22.7. The van der Waals surface area contributed by atoms with Crippen LogP contribution in [0.5, 0.6) is 0 Å². The van der Waals surface area contributed by atoms with Crippen LogP contribution in [-0.2, 0) is 49.4 Å². The van der Waals surface area contributed by atoms with E-state index in [0.717, 1.165) is 5.56 Å². The van der Waals surface area contributed by atoms with Crippen molar-refractivity contribution in [3.8, 4) is 0 Å². The maximum atomic E-state index is 12.3. The lowest BCUT2D eigenvalue weighted by atomic mass is 9.84. The average Bonchev–Trinajstić information content (AvgIpc) is 3.23. The van der Waals surface area contributed by atoms with Crippen molar-refractivity contribution in [2.75, 3.05) is 13.7 Å². The Kier molecular flexibility index (Phi) is 9.59. The molecule has 9 atom stereocenters. The van der Waals surface area contributed by atoms with Gasteiger partial charge in [0.2, 0.25) is 0 Å². The van der Waals surface area contributed by atoms with Crippen LogP contribution in [0.4, 0.5) is 0 Å². The minimum atomic E-state index is -1.12. The van der Waals surface area contributed by atoms with Crippen LogP contribution >= 0.6 is 0 Å². The Morgan fingerprint density at radius 2 is 1.89 bits per heavy atom. The number of carbonyl (C=O) groups excluding carboxylic acids is 2. The van der Waals surface area contributed by atoms with Gasteiger partial charge in [0.1, 0.15) is 18.3 Å². The molecular formula is C29H40O9. The van der Waals surface area contributed by atoms with Gasteiger partial charge >= 0.3 is 11.9 Å². The predicted octanol–water partition coefficient (Wildman–Crippen LogP) is 3.73. The Morgan fingerprint density at radius 1 is 1.13 bits per heavy atom. The molecule has 3 aliphatic heterocycles. The van der Waals surface area contributed by atoms with E-state index in [9.17, 15) is 9.59 Å². The van der Waals surface area contributed by atoms with Gasteiger partial charge in [0.15, 0.2) is 18.0 Å². The highest BCUT2D eigenvalue weighted by Crippen LogP contribution is 2.48. The molecule has 1 aromatic rings. The molecule has 3 saturated heterocycles. The summed E-state index contributed by atoms with van der Waals surface area (Å²) in [4.78, 5) is 23.6. The van der Waals surface area contributed by atoms with Crippen LogP contribution in [0.1, 0.15) is 52.0 Å². The number of hydrogen-bond donors (Lipinski definition) is 0. The second-order valence-electron chi connectivity index (χ2n) is 10.5. The fourth-order valence-corrected chi connectivity index (χ4v) is 5.72. The highest BCUT2D eigenvalue weighted by atomic mass is 16.8. The molecule has 0 aliphatic carbocycles. The lowest BCUT2D eigenvalue weighted by molar-refractivity contribution is -0.382. The van der Waals surface area contributed by atoms with Crippen LogP contribution in [0.2, 0.25) is 0 Å². The van der Waals surface area contributed by atoms with Gasteiger partial charge in [0, 0.05) is 27.4 Å². The van der Waals surface area contributed by atoms with E-state index < -0.39 is 48.4 Å². The Balaban J connectivity index is 1.62. The fourth-order valence-electron chi connectivity index (χ4n) is 5.72. The first-order valence-corrected chi connectivity index (χ1v) is 13.4. The van der Waals surface area contributed by atoms with Crippen molar-refractivity contribution in [1.82, 2.24) is 0 Å². The van der Waals surface area contributed by atoms with Crippen LogP contribution in [0.3, 0.4) is 0 Å². The summed E-state index contributed by atoms with van der Waals surface area (Å²) in [5, 5.41) is 0. The molecule has 0 saturated carbocycles. The van der Waals surface area contributed by atoms with Gasteiger partial charge in [-0.05, 0) is 30.7 Å². The number of hydrogen-bond acceptors (Lipinski definition) is 9. The van der Waals surface area contributed by atoms with E-state index in [0.29, 0.717) is 32.3 Å². The molecule has 3 aliphatic rings. The Hall–Kier alpha value is -2.30. The highest BCUT2D eigenvalue weighted by Gasteiger charge is 2.65. The monoisotopic (exact) mass is 532 g/mol. The SMILES string of the molecule is C=CC[C@@H]1CCC2(OC)O[C@@H]3[C@@H](O[C@H](CC(C)COC(C)=O)[C@@H]3OCc3ccccc3)[C@H](OC(C)=O)[C@H]2O1. The molecule has 9 heteroatoms. The summed E-state index contributed by atoms with van der Waals surface area (Å²) >= 11 is 0.